The Kier molecular flexibility index (Phi) is 5.85. The lowest BCUT2D eigenvalue weighted by Crippen LogP contribution is -2.22. The van der Waals surface area contributed by atoms with E-state index in [4.69, 9.17) is 5.11 Å². The normalized spacial score (nSPS) is 13.8. The molecule has 1 aromatic rings. The summed E-state index contributed by atoms with van der Waals surface area (Å²) in [6.45, 7) is 1.91. The number of carbonyl (C=O) groups is 2. The Hall–Kier alpha value is -1.53. The molecule has 19 heavy (non-hydrogen) atoms. The number of aliphatic carboxylic acids is 1. The lowest BCUT2D eigenvalue weighted by atomic mass is 10.1. The van der Waals surface area contributed by atoms with Crippen molar-refractivity contribution in [3.8, 4) is 0 Å². The number of benzene rings is 1. The number of hydrogen-bond donors (Lipinski definition) is 2. The first kappa shape index (κ1) is 15.5. The summed E-state index contributed by atoms with van der Waals surface area (Å²) in [4.78, 5) is 22.1. The maximum atomic E-state index is 11.9. The van der Waals surface area contributed by atoms with Crippen LogP contribution in [-0.4, -0.2) is 38.0 Å². The molecular formula is C13H16O5S. The Bertz CT molecular complexity index is 480. The quantitative estimate of drug-likeness (QED) is 0.726. The summed E-state index contributed by atoms with van der Waals surface area (Å²) in [5.41, 5.74) is 1.04. The van der Waals surface area contributed by atoms with Crippen molar-refractivity contribution in [1.29, 1.82) is 0 Å². The smallest absolute Gasteiger partial charge is 0.310 e. The molecule has 6 heteroatoms. The summed E-state index contributed by atoms with van der Waals surface area (Å²) >= 11 is 0. The average molecular weight is 284 g/mol. The van der Waals surface area contributed by atoms with Crippen LogP contribution in [0.15, 0.2) is 29.2 Å². The maximum Gasteiger partial charge on any atom is 0.310 e. The molecule has 0 saturated carbocycles. The minimum Gasteiger partial charge on any atom is -0.481 e. The third-order valence-electron chi connectivity index (χ3n) is 2.44. The average Bonchev–Trinajstić information content (AvgIpc) is 2.27. The van der Waals surface area contributed by atoms with Crippen molar-refractivity contribution in [2.45, 2.75) is 30.8 Å². The lowest BCUT2D eigenvalue weighted by Gasteiger charge is -2.09. The van der Waals surface area contributed by atoms with Gasteiger partial charge in [-0.2, -0.15) is 0 Å². The SMILES string of the molecule is Cc1ccc(S(=O)C[C@@H](O)CC(=O)CC(=O)O)cc1. The number of aryl methyl sites for hydroxylation is 1. The zero-order chi connectivity index (χ0) is 14.4. The molecule has 5 nitrogen and oxygen atoms in total. The Morgan fingerprint density at radius 1 is 1.26 bits per heavy atom. The number of hydrogen-bond acceptors (Lipinski definition) is 4. The van der Waals surface area contributed by atoms with Crippen molar-refractivity contribution in [3.05, 3.63) is 29.8 Å². The lowest BCUT2D eigenvalue weighted by molar-refractivity contribution is -0.140. The van der Waals surface area contributed by atoms with Gasteiger partial charge in [0.2, 0.25) is 0 Å². The number of ketones is 1. The molecule has 0 aliphatic carbocycles. The molecule has 2 N–H and O–H groups in total. The number of carboxylic acid groups (broad SMARTS) is 1. The molecule has 0 aliphatic heterocycles. The molecule has 104 valence electrons. The fourth-order valence-electron chi connectivity index (χ4n) is 1.52. The standard InChI is InChI=1S/C13H16O5S/c1-9-2-4-12(5-3-9)19(18)8-11(15)6-10(14)7-13(16)17/h2-5,11,15H,6-8H2,1H3,(H,16,17)/t11-,19?/m0/s1. The van der Waals surface area contributed by atoms with E-state index >= 15 is 0 Å². The van der Waals surface area contributed by atoms with Crippen molar-refractivity contribution in [2.24, 2.45) is 0 Å². The second-order valence-corrected chi connectivity index (χ2v) is 5.79. The van der Waals surface area contributed by atoms with Crippen molar-refractivity contribution in [2.75, 3.05) is 5.75 Å². The number of Topliss-reactive ketones (excluding diaryl/α,β-unsaturated/α-hetero) is 1. The molecule has 0 saturated heterocycles. The second-order valence-electron chi connectivity index (χ2n) is 4.29. The Morgan fingerprint density at radius 3 is 2.37 bits per heavy atom. The van der Waals surface area contributed by atoms with Gasteiger partial charge in [-0.05, 0) is 19.1 Å². The molecule has 1 aromatic carbocycles. The van der Waals surface area contributed by atoms with Gasteiger partial charge >= 0.3 is 5.97 Å². The molecular weight excluding hydrogens is 268 g/mol. The van der Waals surface area contributed by atoms with Crippen LogP contribution in [0, 0.1) is 6.92 Å². The van der Waals surface area contributed by atoms with E-state index in [1.807, 2.05) is 19.1 Å². The highest BCUT2D eigenvalue weighted by Crippen LogP contribution is 2.10. The fourth-order valence-corrected chi connectivity index (χ4v) is 2.62. The van der Waals surface area contributed by atoms with E-state index in [-0.39, 0.29) is 12.2 Å². The topological polar surface area (TPSA) is 91.7 Å². The molecule has 2 atom stereocenters. The maximum absolute atomic E-state index is 11.9. The Morgan fingerprint density at radius 2 is 1.84 bits per heavy atom. The number of carboxylic acids is 1. The second kappa shape index (κ2) is 7.16. The predicted molar refractivity (Wildman–Crippen MR) is 70.3 cm³/mol. The summed E-state index contributed by atoms with van der Waals surface area (Å²) in [5.74, 6) is -1.87. The first-order valence-corrected chi connectivity index (χ1v) is 7.07. The summed E-state index contributed by atoms with van der Waals surface area (Å²) < 4.78 is 11.9. The van der Waals surface area contributed by atoms with Gasteiger partial charge in [0.05, 0.1) is 22.7 Å². The monoisotopic (exact) mass is 284 g/mol. The van der Waals surface area contributed by atoms with Gasteiger partial charge in [-0.25, -0.2) is 0 Å². The highest BCUT2D eigenvalue weighted by atomic mass is 32.2. The van der Waals surface area contributed by atoms with Crippen LogP contribution in [0.4, 0.5) is 0 Å². The van der Waals surface area contributed by atoms with Gasteiger partial charge in [0, 0.05) is 11.3 Å². The van der Waals surface area contributed by atoms with Gasteiger partial charge in [0.15, 0.2) is 0 Å². The highest BCUT2D eigenvalue weighted by molar-refractivity contribution is 7.85. The van der Waals surface area contributed by atoms with E-state index in [0.717, 1.165) is 5.56 Å². The van der Waals surface area contributed by atoms with E-state index in [9.17, 15) is 18.9 Å². The molecule has 0 fully saturated rings. The number of carbonyl (C=O) groups excluding carboxylic acids is 1. The van der Waals surface area contributed by atoms with E-state index in [1.165, 1.54) is 0 Å². The van der Waals surface area contributed by atoms with Crippen LogP contribution in [0.25, 0.3) is 0 Å². The van der Waals surface area contributed by atoms with Crippen molar-refractivity contribution < 1.29 is 24.0 Å². The number of aliphatic hydroxyl groups excluding tert-OH is 1. The summed E-state index contributed by atoms with van der Waals surface area (Å²) in [6.07, 6.45) is -1.99. The van der Waals surface area contributed by atoms with E-state index in [2.05, 4.69) is 0 Å². The molecule has 1 rings (SSSR count). The van der Waals surface area contributed by atoms with Crippen molar-refractivity contribution in [1.82, 2.24) is 0 Å². The molecule has 0 bridgehead atoms. The molecule has 0 spiro atoms. The van der Waals surface area contributed by atoms with E-state index < -0.39 is 35.1 Å². The first-order valence-electron chi connectivity index (χ1n) is 5.75. The fraction of sp³-hybridized carbons (Fsp3) is 0.385. The third-order valence-corrected chi connectivity index (χ3v) is 3.92. The van der Waals surface area contributed by atoms with Crippen LogP contribution in [-0.2, 0) is 20.4 Å². The zero-order valence-corrected chi connectivity index (χ0v) is 11.4. The molecule has 0 radical (unpaired) electrons. The Balaban J connectivity index is 2.50. The van der Waals surface area contributed by atoms with Gasteiger partial charge in [0.25, 0.3) is 0 Å². The van der Waals surface area contributed by atoms with Gasteiger partial charge in [-0.1, -0.05) is 17.7 Å². The van der Waals surface area contributed by atoms with Gasteiger partial charge in [0.1, 0.15) is 12.2 Å². The summed E-state index contributed by atoms with van der Waals surface area (Å²) in [5, 5.41) is 18.0. The van der Waals surface area contributed by atoms with Crippen LogP contribution in [0.1, 0.15) is 18.4 Å². The number of aliphatic hydroxyl groups is 1. The number of rotatable bonds is 7. The van der Waals surface area contributed by atoms with Gasteiger partial charge < -0.3 is 10.2 Å². The summed E-state index contributed by atoms with van der Waals surface area (Å²) in [7, 11) is -1.40. The predicted octanol–water partition coefficient (Wildman–Crippen LogP) is 0.897. The van der Waals surface area contributed by atoms with Crippen LogP contribution in [0.2, 0.25) is 0 Å². The van der Waals surface area contributed by atoms with Crippen molar-refractivity contribution >= 4 is 22.6 Å². The molecule has 0 aliphatic rings. The molecule has 0 aromatic heterocycles. The molecule has 0 amide bonds. The largest absolute Gasteiger partial charge is 0.481 e. The Labute approximate surface area is 113 Å². The third kappa shape index (κ3) is 5.76. The zero-order valence-electron chi connectivity index (χ0n) is 10.5. The van der Waals surface area contributed by atoms with Gasteiger partial charge in [-0.15, -0.1) is 0 Å². The van der Waals surface area contributed by atoms with Crippen LogP contribution in [0.5, 0.6) is 0 Å². The van der Waals surface area contributed by atoms with E-state index in [1.54, 1.807) is 12.1 Å². The van der Waals surface area contributed by atoms with E-state index in [0.29, 0.717) is 4.90 Å². The van der Waals surface area contributed by atoms with Crippen LogP contribution < -0.4 is 0 Å². The molecule has 1 unspecified atom stereocenters. The van der Waals surface area contributed by atoms with Gasteiger partial charge in [-0.3, -0.25) is 13.8 Å². The van der Waals surface area contributed by atoms with Crippen LogP contribution >= 0.6 is 0 Å². The van der Waals surface area contributed by atoms with Crippen molar-refractivity contribution in [3.63, 3.8) is 0 Å². The first-order chi connectivity index (χ1) is 8.88. The highest BCUT2D eigenvalue weighted by Gasteiger charge is 2.17. The minimum atomic E-state index is -1.40. The summed E-state index contributed by atoms with van der Waals surface area (Å²) in [6, 6.07) is 7.04. The van der Waals surface area contributed by atoms with Crippen LogP contribution in [0.3, 0.4) is 0 Å². The minimum absolute atomic E-state index is 0.0750. The molecule has 0 heterocycles.